The van der Waals surface area contributed by atoms with Crippen molar-refractivity contribution in [1.82, 2.24) is 30.3 Å². The van der Waals surface area contributed by atoms with E-state index in [0.29, 0.717) is 44.1 Å². The summed E-state index contributed by atoms with van der Waals surface area (Å²) in [6, 6.07) is 12.3. The average Bonchev–Trinajstić information content (AvgIpc) is 3.65. The number of hydrogen-bond donors (Lipinski definition) is 1. The minimum atomic E-state index is -0.721. The van der Waals surface area contributed by atoms with Crippen LogP contribution in [-0.2, 0) is 16.0 Å². The number of nitriles is 1. The van der Waals surface area contributed by atoms with Gasteiger partial charge >= 0.3 is 6.09 Å². The van der Waals surface area contributed by atoms with Gasteiger partial charge in [-0.25, -0.2) is 14.2 Å². The van der Waals surface area contributed by atoms with E-state index < -0.39 is 23.6 Å². The minimum Gasteiger partial charge on any atom is -0.444 e. The molecule has 2 aliphatic rings. The van der Waals surface area contributed by atoms with E-state index in [-0.39, 0.29) is 47.9 Å². The maximum atomic E-state index is 14.3. The van der Waals surface area contributed by atoms with Gasteiger partial charge in [0.25, 0.3) is 11.8 Å². The smallest absolute Gasteiger partial charge is 0.407 e. The SMILES string of the molecule is CCN(C(=O)c1cc(F)ccc1Oc1nncnc1N1CC2=C(CN(C(=O)C[C@@H](Cc3ccccc3C#N)NC(=O)OC(C)(C)C)C2)C1)C(C)C. The first kappa shape index (κ1) is 36.7. The maximum Gasteiger partial charge on any atom is 0.407 e. The number of hydrogen-bond acceptors (Lipinski definition) is 10. The zero-order chi connectivity index (χ0) is 36.9. The van der Waals surface area contributed by atoms with E-state index in [4.69, 9.17) is 9.47 Å². The van der Waals surface area contributed by atoms with Gasteiger partial charge in [0.15, 0.2) is 5.82 Å². The Kier molecular flexibility index (Phi) is 11.2. The van der Waals surface area contributed by atoms with Gasteiger partial charge < -0.3 is 29.5 Å². The number of nitrogens with one attached hydrogen (secondary N) is 1. The van der Waals surface area contributed by atoms with Gasteiger partial charge in [0.2, 0.25) is 5.91 Å². The number of rotatable bonds is 11. The van der Waals surface area contributed by atoms with E-state index in [9.17, 15) is 24.0 Å². The number of anilines is 1. The second-order valence-corrected chi connectivity index (χ2v) is 13.8. The third-order valence-corrected chi connectivity index (χ3v) is 8.60. The van der Waals surface area contributed by atoms with Crippen LogP contribution in [0.4, 0.5) is 15.0 Å². The molecule has 0 saturated carbocycles. The Hall–Kier alpha value is -5.58. The molecule has 1 atom stereocenters. The minimum absolute atomic E-state index is 0.0160. The molecule has 0 bridgehead atoms. The van der Waals surface area contributed by atoms with Gasteiger partial charge in [0.1, 0.15) is 23.5 Å². The number of nitrogens with zero attached hydrogens (tertiary/aromatic N) is 7. The van der Waals surface area contributed by atoms with Crippen molar-refractivity contribution in [2.24, 2.45) is 0 Å². The van der Waals surface area contributed by atoms with Crippen LogP contribution < -0.4 is 15.0 Å². The molecule has 1 aromatic heterocycles. The molecular formula is C37H43FN8O5. The van der Waals surface area contributed by atoms with Gasteiger partial charge in [-0.05, 0) is 88.9 Å². The molecule has 2 aromatic carbocycles. The van der Waals surface area contributed by atoms with Gasteiger partial charge in [0.05, 0.1) is 17.2 Å². The lowest BCUT2D eigenvalue weighted by Gasteiger charge is -2.27. The first-order chi connectivity index (χ1) is 24.3. The second-order valence-electron chi connectivity index (χ2n) is 13.8. The molecule has 0 fully saturated rings. The Bertz CT molecular complexity index is 1850. The number of benzene rings is 2. The Morgan fingerprint density at radius 1 is 1.08 bits per heavy atom. The summed E-state index contributed by atoms with van der Waals surface area (Å²) in [6.45, 7) is 13.0. The predicted molar refractivity (Wildman–Crippen MR) is 187 cm³/mol. The number of halogens is 1. The first-order valence-corrected chi connectivity index (χ1v) is 16.9. The molecular weight excluding hydrogens is 655 g/mol. The fourth-order valence-corrected chi connectivity index (χ4v) is 6.27. The van der Waals surface area contributed by atoms with Crippen molar-refractivity contribution in [2.45, 2.75) is 72.1 Å². The van der Waals surface area contributed by atoms with Crippen LogP contribution >= 0.6 is 0 Å². The number of carbonyl (C=O) groups is 3. The highest BCUT2D eigenvalue weighted by molar-refractivity contribution is 5.97. The van der Waals surface area contributed by atoms with Crippen molar-refractivity contribution >= 4 is 23.7 Å². The van der Waals surface area contributed by atoms with Gasteiger partial charge in [-0.15, -0.1) is 10.2 Å². The van der Waals surface area contributed by atoms with Crippen molar-refractivity contribution in [1.29, 1.82) is 5.26 Å². The van der Waals surface area contributed by atoms with Crippen molar-refractivity contribution in [2.75, 3.05) is 37.6 Å². The zero-order valence-corrected chi connectivity index (χ0v) is 29.8. The highest BCUT2D eigenvalue weighted by Gasteiger charge is 2.35. The van der Waals surface area contributed by atoms with Gasteiger partial charge in [-0.2, -0.15) is 5.26 Å². The van der Waals surface area contributed by atoms with E-state index in [1.54, 1.807) is 42.7 Å². The highest BCUT2D eigenvalue weighted by atomic mass is 19.1. The van der Waals surface area contributed by atoms with E-state index in [1.165, 1.54) is 18.5 Å². The standard InChI is InChI=1S/C37H43FN8O5/c1-7-46(23(2)3)35(48)30-15-28(38)12-13-31(30)50-34-33(40-22-41-43-34)45-20-26-18-44(19-27(26)21-45)32(47)16-29(42-36(49)51-37(4,5)6)14-24-10-8-9-11-25(24)17-39/h8-13,15,22-23,29H,7,14,16,18-21H2,1-6H3,(H,42,49)/t29-/m1/s1. The number of carbonyl (C=O) groups excluding carboxylic acids is 3. The monoisotopic (exact) mass is 698 g/mol. The molecule has 3 heterocycles. The third kappa shape index (κ3) is 8.97. The van der Waals surface area contributed by atoms with Crippen LogP contribution in [0.25, 0.3) is 0 Å². The number of aromatic nitrogens is 3. The van der Waals surface area contributed by atoms with Gasteiger partial charge in [-0.1, -0.05) is 18.2 Å². The highest BCUT2D eigenvalue weighted by Crippen LogP contribution is 2.35. The van der Waals surface area contributed by atoms with E-state index in [1.807, 2.05) is 37.8 Å². The summed E-state index contributed by atoms with van der Waals surface area (Å²) >= 11 is 0. The molecule has 51 heavy (non-hydrogen) atoms. The Labute approximate surface area is 297 Å². The molecule has 5 rings (SSSR count). The van der Waals surface area contributed by atoms with Crippen LogP contribution in [0, 0.1) is 17.1 Å². The lowest BCUT2D eigenvalue weighted by molar-refractivity contribution is -0.130. The summed E-state index contributed by atoms with van der Waals surface area (Å²) in [4.78, 5) is 49.5. The number of ether oxygens (including phenoxy) is 2. The lowest BCUT2D eigenvalue weighted by Crippen LogP contribution is -2.44. The molecule has 3 amide bonds. The molecule has 0 aliphatic carbocycles. The largest absolute Gasteiger partial charge is 0.444 e. The second kappa shape index (κ2) is 15.5. The van der Waals surface area contributed by atoms with Crippen LogP contribution in [-0.4, -0.2) is 93.3 Å². The number of amides is 3. The van der Waals surface area contributed by atoms with Crippen LogP contribution in [0.5, 0.6) is 11.6 Å². The van der Waals surface area contributed by atoms with E-state index in [0.717, 1.165) is 22.8 Å². The van der Waals surface area contributed by atoms with Gasteiger partial charge in [-0.3, -0.25) is 9.59 Å². The molecule has 268 valence electrons. The summed E-state index contributed by atoms with van der Waals surface area (Å²) in [5, 5.41) is 20.5. The van der Waals surface area contributed by atoms with Crippen molar-refractivity contribution in [3.8, 4) is 17.7 Å². The van der Waals surface area contributed by atoms with E-state index >= 15 is 0 Å². The van der Waals surface area contributed by atoms with Crippen molar-refractivity contribution in [3.05, 3.63) is 82.4 Å². The fourth-order valence-electron chi connectivity index (χ4n) is 6.27. The molecule has 0 unspecified atom stereocenters. The van der Waals surface area contributed by atoms with Crippen molar-refractivity contribution in [3.63, 3.8) is 0 Å². The lowest BCUT2D eigenvalue weighted by atomic mass is 9.98. The molecule has 3 aromatic rings. The molecule has 13 nitrogen and oxygen atoms in total. The Balaban J connectivity index is 1.26. The molecule has 1 N–H and O–H groups in total. The first-order valence-electron chi connectivity index (χ1n) is 16.9. The summed E-state index contributed by atoms with van der Waals surface area (Å²) in [5.41, 5.74) is 2.64. The summed E-state index contributed by atoms with van der Waals surface area (Å²) < 4.78 is 25.9. The topological polar surface area (TPSA) is 154 Å². The Morgan fingerprint density at radius 2 is 1.78 bits per heavy atom. The van der Waals surface area contributed by atoms with Crippen LogP contribution in [0.3, 0.4) is 0 Å². The Morgan fingerprint density at radius 3 is 2.43 bits per heavy atom. The predicted octanol–water partition coefficient (Wildman–Crippen LogP) is 5.03. The summed E-state index contributed by atoms with van der Waals surface area (Å²) in [5.74, 6) is -0.490. The molecule has 0 radical (unpaired) electrons. The zero-order valence-electron chi connectivity index (χ0n) is 29.8. The molecule has 0 saturated heterocycles. The third-order valence-electron chi connectivity index (χ3n) is 8.60. The van der Waals surface area contributed by atoms with Crippen LogP contribution in [0.1, 0.15) is 69.4 Å². The average molecular weight is 699 g/mol. The van der Waals surface area contributed by atoms with Crippen molar-refractivity contribution < 1.29 is 28.2 Å². The van der Waals surface area contributed by atoms with E-state index in [2.05, 4.69) is 26.6 Å². The quantitative estimate of drug-likeness (QED) is 0.270. The maximum absolute atomic E-state index is 14.3. The summed E-state index contributed by atoms with van der Waals surface area (Å²) in [6.07, 6.45) is 0.964. The van der Waals surface area contributed by atoms with Gasteiger partial charge in [0, 0.05) is 51.2 Å². The molecule has 14 heteroatoms. The van der Waals surface area contributed by atoms with Crippen LogP contribution in [0.2, 0.25) is 0 Å². The fraction of sp³-hybridized carbons (Fsp3) is 0.432. The summed E-state index contributed by atoms with van der Waals surface area (Å²) in [7, 11) is 0. The molecule has 2 aliphatic heterocycles. The number of alkyl carbamates (subject to hydrolysis) is 1. The molecule has 0 spiro atoms. The van der Waals surface area contributed by atoms with Crippen LogP contribution in [0.15, 0.2) is 59.9 Å². The normalized spacial score (nSPS) is 14.6.